The summed E-state index contributed by atoms with van der Waals surface area (Å²) in [6, 6.07) is 15.4. The number of rotatable bonds is 4. The number of nitrogens with zero attached hydrogens (tertiary/aromatic N) is 3. The van der Waals surface area contributed by atoms with Crippen molar-refractivity contribution in [3.05, 3.63) is 59.3 Å². The molecular formula is C20H18N4O2S. The zero-order valence-corrected chi connectivity index (χ0v) is 15.8. The zero-order valence-electron chi connectivity index (χ0n) is 15.0. The topological polar surface area (TPSA) is 68.5 Å². The number of fused-ring (bicyclic) bond motifs is 1. The number of hydrogen-bond acceptors (Lipinski definition) is 5. The Morgan fingerprint density at radius 1 is 1.22 bits per heavy atom. The Morgan fingerprint density at radius 2 is 2.00 bits per heavy atom. The van der Waals surface area contributed by atoms with Crippen LogP contribution in [0.25, 0.3) is 17.1 Å². The Morgan fingerprint density at radius 3 is 2.81 bits per heavy atom. The molecule has 0 saturated carbocycles. The Bertz CT molecular complexity index is 1080. The minimum Gasteiger partial charge on any atom is -0.492 e. The Hall–Kier alpha value is -3.06. The van der Waals surface area contributed by atoms with E-state index in [2.05, 4.69) is 15.3 Å². The molecular weight excluding hydrogens is 360 g/mol. The van der Waals surface area contributed by atoms with Crippen LogP contribution in [0.15, 0.2) is 58.4 Å². The highest BCUT2D eigenvalue weighted by molar-refractivity contribution is 8.18. The molecule has 6 nitrogen and oxygen atoms in total. The summed E-state index contributed by atoms with van der Waals surface area (Å²) in [6.45, 7) is 2.48. The van der Waals surface area contributed by atoms with Crippen LogP contribution in [-0.4, -0.2) is 27.2 Å². The molecule has 1 saturated heterocycles. The number of carbonyl (C=O) groups excluding carboxylic acids is 1. The number of hydrogen-bond donors (Lipinski definition) is 1. The summed E-state index contributed by atoms with van der Waals surface area (Å²) in [7, 11) is 1.94. The summed E-state index contributed by atoms with van der Waals surface area (Å²) < 4.78 is 7.56. The standard InChI is InChI=1S/C20H18N4O2S/c1-3-26-16-11-7-5-9-14(16)22-20-23-19(25)17(27-20)12-18-21-13-8-4-6-10-15(13)24(18)2/h4-12H,3H2,1-2H3,(H,22,23,25)/b17-12+. The zero-order chi connectivity index (χ0) is 18.8. The molecule has 136 valence electrons. The molecule has 0 spiro atoms. The van der Waals surface area contributed by atoms with Gasteiger partial charge < -0.3 is 14.6 Å². The molecule has 0 aliphatic carbocycles. The van der Waals surface area contributed by atoms with Crippen LogP contribution in [0.1, 0.15) is 12.7 Å². The van der Waals surface area contributed by atoms with Crippen molar-refractivity contribution in [2.45, 2.75) is 6.92 Å². The largest absolute Gasteiger partial charge is 0.492 e. The van der Waals surface area contributed by atoms with Crippen molar-refractivity contribution in [2.24, 2.45) is 12.0 Å². The highest BCUT2D eigenvalue weighted by Crippen LogP contribution is 2.32. The number of benzene rings is 2. The first-order valence-corrected chi connectivity index (χ1v) is 9.40. The van der Waals surface area contributed by atoms with Crippen LogP contribution in [0, 0.1) is 0 Å². The fourth-order valence-electron chi connectivity index (χ4n) is 2.83. The minimum absolute atomic E-state index is 0.181. The fraction of sp³-hybridized carbons (Fsp3) is 0.150. The lowest BCUT2D eigenvalue weighted by Crippen LogP contribution is -2.19. The molecule has 0 atom stereocenters. The van der Waals surface area contributed by atoms with Crippen LogP contribution in [-0.2, 0) is 11.8 Å². The molecule has 1 aromatic heterocycles. The van der Waals surface area contributed by atoms with Crippen molar-refractivity contribution in [3.8, 4) is 5.75 Å². The lowest BCUT2D eigenvalue weighted by molar-refractivity contribution is -0.115. The second-order valence-electron chi connectivity index (χ2n) is 5.90. The molecule has 27 heavy (non-hydrogen) atoms. The number of thioether (sulfide) groups is 1. The van der Waals surface area contributed by atoms with Crippen LogP contribution in [0.2, 0.25) is 0 Å². The van der Waals surface area contributed by atoms with Gasteiger partial charge in [0.25, 0.3) is 5.91 Å². The van der Waals surface area contributed by atoms with Gasteiger partial charge in [-0.05, 0) is 43.0 Å². The van der Waals surface area contributed by atoms with Gasteiger partial charge in [0.1, 0.15) is 17.3 Å². The molecule has 2 heterocycles. The van der Waals surface area contributed by atoms with Crippen LogP contribution in [0.5, 0.6) is 5.75 Å². The molecule has 1 fully saturated rings. The van der Waals surface area contributed by atoms with Crippen LogP contribution < -0.4 is 10.1 Å². The molecule has 1 aliphatic heterocycles. The van der Waals surface area contributed by atoms with Gasteiger partial charge in [-0.25, -0.2) is 9.98 Å². The number of aryl methyl sites for hydroxylation is 1. The van der Waals surface area contributed by atoms with Crippen molar-refractivity contribution in [1.29, 1.82) is 0 Å². The molecule has 7 heteroatoms. The van der Waals surface area contributed by atoms with Crippen molar-refractivity contribution in [2.75, 3.05) is 6.61 Å². The van der Waals surface area contributed by atoms with Gasteiger partial charge in [-0.3, -0.25) is 4.79 Å². The fourth-order valence-corrected chi connectivity index (χ4v) is 3.63. The maximum absolute atomic E-state index is 12.4. The Kier molecular flexibility index (Phi) is 4.68. The highest BCUT2D eigenvalue weighted by Gasteiger charge is 2.25. The van der Waals surface area contributed by atoms with Crippen molar-refractivity contribution < 1.29 is 9.53 Å². The van der Waals surface area contributed by atoms with E-state index in [0.717, 1.165) is 16.9 Å². The van der Waals surface area contributed by atoms with E-state index in [9.17, 15) is 4.79 Å². The first-order valence-electron chi connectivity index (χ1n) is 8.58. The summed E-state index contributed by atoms with van der Waals surface area (Å²) in [6.07, 6.45) is 1.79. The van der Waals surface area contributed by atoms with Crippen LogP contribution in [0.3, 0.4) is 0 Å². The molecule has 3 aromatic rings. The summed E-state index contributed by atoms with van der Waals surface area (Å²) in [5.74, 6) is 1.24. The van der Waals surface area contributed by atoms with E-state index in [4.69, 9.17) is 4.74 Å². The van der Waals surface area contributed by atoms with Gasteiger partial charge in [0, 0.05) is 13.1 Å². The van der Waals surface area contributed by atoms with E-state index in [1.165, 1.54) is 11.8 Å². The predicted molar refractivity (Wildman–Crippen MR) is 109 cm³/mol. The number of nitrogens with one attached hydrogen (secondary N) is 1. The number of carbonyl (C=O) groups is 1. The van der Waals surface area contributed by atoms with Gasteiger partial charge in [0.2, 0.25) is 0 Å². The van der Waals surface area contributed by atoms with Gasteiger partial charge in [0.05, 0.1) is 22.5 Å². The Labute approximate surface area is 161 Å². The van der Waals surface area contributed by atoms with E-state index in [0.29, 0.717) is 28.1 Å². The highest BCUT2D eigenvalue weighted by atomic mass is 32.2. The quantitative estimate of drug-likeness (QED) is 0.700. The van der Waals surface area contributed by atoms with Gasteiger partial charge in [-0.15, -0.1) is 0 Å². The average molecular weight is 378 g/mol. The number of aromatic nitrogens is 2. The van der Waals surface area contributed by atoms with E-state index < -0.39 is 0 Å². The number of imidazole rings is 1. The van der Waals surface area contributed by atoms with Crippen molar-refractivity contribution in [1.82, 2.24) is 14.9 Å². The Balaban J connectivity index is 1.64. The van der Waals surface area contributed by atoms with Gasteiger partial charge >= 0.3 is 0 Å². The number of amides is 1. The first-order chi connectivity index (χ1) is 13.2. The predicted octanol–water partition coefficient (Wildman–Crippen LogP) is 3.86. The third kappa shape index (κ3) is 3.46. The molecule has 4 rings (SSSR count). The second-order valence-corrected chi connectivity index (χ2v) is 6.93. The molecule has 1 amide bonds. The van der Waals surface area contributed by atoms with E-state index in [-0.39, 0.29) is 5.91 Å². The third-order valence-corrected chi connectivity index (χ3v) is 5.03. The number of aliphatic imine (C=N–C) groups is 1. The van der Waals surface area contributed by atoms with Crippen LogP contribution >= 0.6 is 11.8 Å². The maximum atomic E-state index is 12.4. The van der Waals surface area contributed by atoms with Gasteiger partial charge in [0.15, 0.2) is 5.17 Å². The summed E-state index contributed by atoms with van der Waals surface area (Å²) >= 11 is 1.30. The van der Waals surface area contributed by atoms with E-state index in [1.54, 1.807) is 6.08 Å². The lowest BCUT2D eigenvalue weighted by atomic mass is 10.3. The van der Waals surface area contributed by atoms with E-state index in [1.807, 2.05) is 67.1 Å². The average Bonchev–Trinajstić information content (AvgIpc) is 3.17. The molecule has 0 unspecified atom stereocenters. The second kappa shape index (κ2) is 7.28. The van der Waals surface area contributed by atoms with Crippen LogP contribution in [0.4, 0.5) is 5.69 Å². The SMILES string of the molecule is CCOc1ccccc1N=C1NC(=O)/C(=C\c2nc3ccccc3n2C)S1. The van der Waals surface area contributed by atoms with Crippen molar-refractivity contribution in [3.63, 3.8) is 0 Å². The number of para-hydroxylation sites is 4. The molecule has 2 aromatic carbocycles. The number of amidine groups is 1. The third-order valence-electron chi connectivity index (χ3n) is 4.12. The molecule has 1 aliphatic rings. The monoisotopic (exact) mass is 378 g/mol. The number of ether oxygens (including phenoxy) is 1. The van der Waals surface area contributed by atoms with Gasteiger partial charge in [-0.1, -0.05) is 24.3 Å². The smallest absolute Gasteiger partial charge is 0.264 e. The molecule has 1 N–H and O–H groups in total. The summed E-state index contributed by atoms with van der Waals surface area (Å²) in [5.41, 5.74) is 2.60. The molecule has 0 bridgehead atoms. The van der Waals surface area contributed by atoms with Gasteiger partial charge in [-0.2, -0.15) is 0 Å². The normalized spacial score (nSPS) is 17.0. The summed E-state index contributed by atoms with van der Waals surface area (Å²) in [5, 5.41) is 3.33. The molecule has 0 radical (unpaired) electrons. The lowest BCUT2D eigenvalue weighted by Gasteiger charge is -2.06. The van der Waals surface area contributed by atoms with E-state index >= 15 is 0 Å². The minimum atomic E-state index is -0.181. The maximum Gasteiger partial charge on any atom is 0.264 e. The first kappa shape index (κ1) is 17.4. The van der Waals surface area contributed by atoms with Crippen molar-refractivity contribution >= 4 is 45.6 Å². The summed E-state index contributed by atoms with van der Waals surface area (Å²) in [4.78, 5) is 22.1.